The van der Waals surface area contributed by atoms with Gasteiger partial charge in [-0.2, -0.15) is 0 Å². The third-order valence-corrected chi connectivity index (χ3v) is 6.36. The van der Waals surface area contributed by atoms with Crippen LogP contribution in [0.5, 0.6) is 11.6 Å². The molecule has 0 saturated heterocycles. The topological polar surface area (TPSA) is 143 Å². The zero-order valence-corrected chi connectivity index (χ0v) is 19.2. The molecule has 0 aliphatic rings. The average molecular weight is 493 g/mol. The second kappa shape index (κ2) is 9.69. The zero-order valence-electron chi connectivity index (χ0n) is 18.4. The van der Waals surface area contributed by atoms with E-state index in [-0.39, 0.29) is 10.5 Å². The van der Waals surface area contributed by atoms with Gasteiger partial charge in [-0.25, -0.2) is 17.8 Å². The Morgan fingerprint density at radius 3 is 2.31 bits per heavy atom. The molecule has 0 amide bonds. The minimum Gasteiger partial charge on any atom is -0.495 e. The van der Waals surface area contributed by atoms with Crippen molar-refractivity contribution in [2.24, 2.45) is 4.99 Å². The number of aliphatic imine (C=N–C) groups is 1. The zero-order chi connectivity index (χ0) is 25.0. The van der Waals surface area contributed by atoms with Crippen molar-refractivity contribution >= 4 is 27.6 Å². The van der Waals surface area contributed by atoms with Crippen molar-refractivity contribution in [1.29, 1.82) is 0 Å². The van der Waals surface area contributed by atoms with E-state index in [0.29, 0.717) is 22.8 Å². The summed E-state index contributed by atoms with van der Waals surface area (Å²) in [6, 6.07) is 20.5. The lowest BCUT2D eigenvalue weighted by atomic mass is 10.3. The highest BCUT2D eigenvalue weighted by Crippen LogP contribution is 2.27. The van der Waals surface area contributed by atoms with Gasteiger partial charge in [-0.1, -0.05) is 30.3 Å². The largest absolute Gasteiger partial charge is 0.495 e. The highest BCUT2D eigenvalue weighted by molar-refractivity contribution is 7.92. The fourth-order valence-corrected chi connectivity index (χ4v) is 4.32. The van der Waals surface area contributed by atoms with Crippen molar-refractivity contribution in [1.82, 2.24) is 9.55 Å². The summed E-state index contributed by atoms with van der Waals surface area (Å²) in [6.45, 7) is 0. The Morgan fingerprint density at radius 2 is 1.63 bits per heavy atom. The summed E-state index contributed by atoms with van der Waals surface area (Å²) >= 11 is 0. The van der Waals surface area contributed by atoms with Gasteiger partial charge in [0.15, 0.2) is 0 Å². The van der Waals surface area contributed by atoms with Crippen LogP contribution in [0.1, 0.15) is 5.56 Å². The summed E-state index contributed by atoms with van der Waals surface area (Å²) in [5.74, 6) is -0.201. The molecule has 4 aromatic rings. The van der Waals surface area contributed by atoms with Gasteiger partial charge in [0, 0.05) is 6.21 Å². The Kier molecular flexibility index (Phi) is 6.51. The second-order valence-corrected chi connectivity index (χ2v) is 8.91. The van der Waals surface area contributed by atoms with E-state index in [2.05, 4.69) is 14.7 Å². The summed E-state index contributed by atoms with van der Waals surface area (Å²) in [4.78, 5) is 30.8. The third-order valence-electron chi connectivity index (χ3n) is 4.98. The maximum Gasteiger partial charge on any atom is 0.335 e. The number of benzene rings is 3. The van der Waals surface area contributed by atoms with E-state index in [9.17, 15) is 23.1 Å². The first-order valence-corrected chi connectivity index (χ1v) is 11.7. The van der Waals surface area contributed by atoms with Crippen molar-refractivity contribution in [3.05, 3.63) is 105 Å². The molecule has 35 heavy (non-hydrogen) atoms. The predicted octanol–water partition coefficient (Wildman–Crippen LogP) is 2.79. The minimum absolute atomic E-state index is 0.0133. The molecule has 4 rings (SSSR count). The van der Waals surface area contributed by atoms with Crippen molar-refractivity contribution < 1.29 is 18.3 Å². The maximum atomic E-state index is 12.7. The van der Waals surface area contributed by atoms with Crippen LogP contribution in [0, 0.1) is 0 Å². The number of para-hydroxylation sites is 3. The van der Waals surface area contributed by atoms with Gasteiger partial charge in [-0.05, 0) is 48.5 Å². The quantitative estimate of drug-likeness (QED) is 0.339. The molecule has 1 heterocycles. The molecule has 1 aromatic heterocycles. The Morgan fingerprint density at radius 1 is 0.971 bits per heavy atom. The monoisotopic (exact) mass is 492 g/mol. The SMILES string of the molecule is COc1ccccc1NS(=O)(=O)c1ccc(N=Cc2c(O)n(-c3ccccc3)c(=O)[nH]c2=O)cc1. The molecule has 3 N–H and O–H groups in total. The van der Waals surface area contributed by atoms with E-state index >= 15 is 0 Å². The van der Waals surface area contributed by atoms with E-state index in [1.54, 1.807) is 54.6 Å². The number of ether oxygens (including phenoxy) is 1. The first kappa shape index (κ1) is 23.5. The van der Waals surface area contributed by atoms with Crippen LogP contribution in [-0.2, 0) is 10.0 Å². The van der Waals surface area contributed by atoms with Crippen molar-refractivity contribution in [2.75, 3.05) is 11.8 Å². The molecule has 10 nitrogen and oxygen atoms in total. The number of rotatable bonds is 7. The van der Waals surface area contributed by atoms with E-state index in [1.807, 2.05) is 0 Å². The van der Waals surface area contributed by atoms with Crippen LogP contribution >= 0.6 is 0 Å². The van der Waals surface area contributed by atoms with Crippen LogP contribution in [0.15, 0.2) is 98.3 Å². The van der Waals surface area contributed by atoms with Gasteiger partial charge >= 0.3 is 5.69 Å². The molecule has 0 fully saturated rings. The first-order chi connectivity index (χ1) is 16.8. The fraction of sp³-hybridized carbons (Fsp3) is 0.0417. The van der Waals surface area contributed by atoms with Crippen molar-refractivity contribution in [2.45, 2.75) is 4.90 Å². The number of methoxy groups -OCH3 is 1. The van der Waals surface area contributed by atoms with Gasteiger partial charge in [-0.15, -0.1) is 0 Å². The molecule has 0 spiro atoms. The number of H-pyrrole nitrogens is 1. The first-order valence-electron chi connectivity index (χ1n) is 10.2. The molecule has 3 aromatic carbocycles. The van der Waals surface area contributed by atoms with Gasteiger partial charge in [0.1, 0.15) is 11.3 Å². The highest BCUT2D eigenvalue weighted by atomic mass is 32.2. The lowest BCUT2D eigenvalue weighted by Gasteiger charge is -2.11. The highest BCUT2D eigenvalue weighted by Gasteiger charge is 2.17. The Balaban J connectivity index is 1.61. The normalized spacial score (nSPS) is 11.5. The van der Waals surface area contributed by atoms with Crippen LogP contribution in [-0.4, -0.2) is 36.4 Å². The number of sulfonamides is 1. The molecular formula is C24H20N4O6S. The van der Waals surface area contributed by atoms with Crippen molar-refractivity contribution in [3.8, 4) is 17.3 Å². The summed E-state index contributed by atoms with van der Waals surface area (Å²) in [5.41, 5.74) is -0.879. The Hall–Kier alpha value is -4.64. The number of anilines is 1. The molecule has 178 valence electrons. The summed E-state index contributed by atoms with van der Waals surface area (Å²) in [6.07, 6.45) is 1.10. The van der Waals surface area contributed by atoms with Crippen LogP contribution in [0.4, 0.5) is 11.4 Å². The second-order valence-electron chi connectivity index (χ2n) is 7.23. The fourth-order valence-electron chi connectivity index (χ4n) is 3.25. The minimum atomic E-state index is -3.90. The number of aromatic nitrogens is 2. The molecular weight excluding hydrogens is 472 g/mol. The molecule has 0 bridgehead atoms. The van der Waals surface area contributed by atoms with Gasteiger partial charge in [0.05, 0.1) is 29.1 Å². The van der Waals surface area contributed by atoms with E-state index in [4.69, 9.17) is 4.74 Å². The number of aromatic amines is 1. The van der Waals surface area contributed by atoms with E-state index < -0.39 is 27.2 Å². The van der Waals surface area contributed by atoms with Crippen LogP contribution in [0.25, 0.3) is 5.69 Å². The summed E-state index contributed by atoms with van der Waals surface area (Å²) < 4.78 is 34.1. The molecule has 0 aliphatic carbocycles. The van der Waals surface area contributed by atoms with Crippen LogP contribution < -0.4 is 20.7 Å². The summed E-state index contributed by atoms with van der Waals surface area (Å²) in [7, 11) is -2.46. The third kappa shape index (κ3) is 4.99. The van der Waals surface area contributed by atoms with Crippen LogP contribution in [0.3, 0.4) is 0 Å². The lowest BCUT2D eigenvalue weighted by Crippen LogP contribution is -2.31. The number of hydrogen-bond donors (Lipinski definition) is 3. The van der Waals surface area contributed by atoms with E-state index in [0.717, 1.165) is 10.8 Å². The standard InChI is InChI=1S/C24H20N4O6S/c1-34-21-10-6-5-9-20(21)27-35(32,33)18-13-11-16(12-14-18)25-15-19-22(29)26-24(31)28(23(19)30)17-7-3-2-4-8-17/h2-15,27,30H,1H3,(H,26,29,31). The number of hydrogen-bond acceptors (Lipinski definition) is 7. The smallest absolute Gasteiger partial charge is 0.335 e. The van der Waals surface area contributed by atoms with Gasteiger partial charge < -0.3 is 9.84 Å². The predicted molar refractivity (Wildman–Crippen MR) is 132 cm³/mol. The molecule has 0 unspecified atom stereocenters. The summed E-state index contributed by atoms with van der Waals surface area (Å²) in [5, 5.41) is 10.6. The van der Waals surface area contributed by atoms with Crippen molar-refractivity contribution in [3.63, 3.8) is 0 Å². The van der Waals surface area contributed by atoms with E-state index in [1.165, 1.54) is 31.4 Å². The number of nitrogens with zero attached hydrogens (tertiary/aromatic N) is 2. The maximum absolute atomic E-state index is 12.7. The Bertz CT molecular complexity index is 1610. The molecule has 0 aliphatic heterocycles. The number of nitrogens with one attached hydrogen (secondary N) is 2. The molecule has 0 radical (unpaired) electrons. The Labute approximate surface area is 199 Å². The molecule has 11 heteroatoms. The molecule has 0 atom stereocenters. The van der Waals surface area contributed by atoms with Gasteiger partial charge in [-0.3, -0.25) is 19.5 Å². The van der Waals surface area contributed by atoms with Crippen LogP contribution in [0.2, 0.25) is 0 Å². The lowest BCUT2D eigenvalue weighted by molar-refractivity contribution is 0.417. The molecule has 0 saturated carbocycles. The van der Waals surface area contributed by atoms with Gasteiger partial charge in [0.25, 0.3) is 15.6 Å². The average Bonchev–Trinajstić information content (AvgIpc) is 2.85. The number of aromatic hydroxyl groups is 1. The van der Waals surface area contributed by atoms with Gasteiger partial charge in [0.2, 0.25) is 5.88 Å².